The number of carbonyl (C=O) groups is 2. The molecule has 0 saturated heterocycles. The molecule has 5 nitrogen and oxygen atoms in total. The summed E-state index contributed by atoms with van der Waals surface area (Å²) in [5.74, 6) is -0.712. The van der Waals surface area contributed by atoms with Gasteiger partial charge in [0.15, 0.2) is 0 Å². The van der Waals surface area contributed by atoms with Crippen LogP contribution in [0.4, 0.5) is 0 Å². The number of rotatable bonds is 4. The number of primary amides is 1. The number of likely N-dealkylation sites (N-methyl/N-ethyl adjacent to an activating group) is 1. The van der Waals surface area contributed by atoms with Gasteiger partial charge in [0.05, 0.1) is 6.04 Å². The molecule has 0 aliphatic heterocycles. The molecule has 0 aliphatic carbocycles. The van der Waals surface area contributed by atoms with E-state index in [2.05, 4.69) is 5.32 Å². The molecule has 0 unspecified atom stereocenters. The van der Waals surface area contributed by atoms with Gasteiger partial charge in [-0.15, -0.1) is 0 Å². The van der Waals surface area contributed by atoms with Crippen LogP contribution in [0, 0.1) is 0 Å². The van der Waals surface area contributed by atoms with Gasteiger partial charge in [-0.05, 0) is 6.42 Å². The zero-order valence-corrected chi connectivity index (χ0v) is 6.46. The van der Waals surface area contributed by atoms with Crippen molar-refractivity contribution in [3.63, 3.8) is 0 Å². The predicted molar refractivity (Wildman–Crippen MR) is 40.5 cm³/mol. The molecule has 0 fully saturated rings. The summed E-state index contributed by atoms with van der Waals surface area (Å²) in [4.78, 5) is 21.0. The maximum Gasteiger partial charge on any atom is 0.236 e. The van der Waals surface area contributed by atoms with Crippen LogP contribution in [0.15, 0.2) is 0 Å². The third-order valence-corrected chi connectivity index (χ3v) is 1.28. The van der Waals surface area contributed by atoms with Crippen molar-refractivity contribution in [1.29, 1.82) is 0 Å². The highest BCUT2D eigenvalue weighted by Gasteiger charge is 2.11. The first-order valence-corrected chi connectivity index (χ1v) is 3.33. The number of carbonyl (C=O) groups excluding carboxylic acids is 2. The lowest BCUT2D eigenvalue weighted by Gasteiger charge is -2.07. The predicted octanol–water partition coefficient (Wildman–Crippen LogP) is -1.67. The first-order valence-electron chi connectivity index (χ1n) is 3.33. The van der Waals surface area contributed by atoms with Crippen molar-refractivity contribution in [2.45, 2.75) is 18.9 Å². The van der Waals surface area contributed by atoms with Crippen LogP contribution in [0.5, 0.6) is 0 Å². The third kappa shape index (κ3) is 4.32. The van der Waals surface area contributed by atoms with Crippen molar-refractivity contribution in [2.24, 2.45) is 11.5 Å². The highest BCUT2D eigenvalue weighted by molar-refractivity contribution is 5.82. The minimum absolute atomic E-state index is 0.147. The summed E-state index contributed by atoms with van der Waals surface area (Å²) in [6.07, 6.45) is 0.448. The lowest BCUT2D eigenvalue weighted by atomic mass is 10.1. The van der Waals surface area contributed by atoms with E-state index in [1.807, 2.05) is 0 Å². The van der Waals surface area contributed by atoms with Crippen LogP contribution in [-0.4, -0.2) is 24.9 Å². The van der Waals surface area contributed by atoms with Gasteiger partial charge in [-0.3, -0.25) is 9.59 Å². The fourth-order valence-electron chi connectivity index (χ4n) is 0.614. The second-order valence-corrected chi connectivity index (χ2v) is 2.23. The number of nitrogens with one attached hydrogen (secondary N) is 1. The normalized spacial score (nSPS) is 12.2. The molecule has 5 heteroatoms. The van der Waals surface area contributed by atoms with Crippen molar-refractivity contribution in [1.82, 2.24) is 5.32 Å². The van der Waals surface area contributed by atoms with Crippen LogP contribution in [0.25, 0.3) is 0 Å². The van der Waals surface area contributed by atoms with Gasteiger partial charge in [-0.1, -0.05) is 0 Å². The quantitative estimate of drug-likeness (QED) is 0.457. The summed E-state index contributed by atoms with van der Waals surface area (Å²) in [7, 11) is 1.49. The molecular formula is C6H13N3O2. The van der Waals surface area contributed by atoms with Gasteiger partial charge in [0, 0.05) is 13.5 Å². The topological polar surface area (TPSA) is 98.2 Å². The lowest BCUT2D eigenvalue weighted by molar-refractivity contribution is -0.122. The Morgan fingerprint density at radius 1 is 1.55 bits per heavy atom. The summed E-state index contributed by atoms with van der Waals surface area (Å²) in [6, 6.07) is -0.632. The van der Waals surface area contributed by atoms with Gasteiger partial charge in [0.1, 0.15) is 0 Å². The van der Waals surface area contributed by atoms with Gasteiger partial charge >= 0.3 is 0 Å². The van der Waals surface area contributed by atoms with Crippen LogP contribution in [-0.2, 0) is 9.59 Å². The van der Waals surface area contributed by atoms with E-state index in [9.17, 15) is 9.59 Å². The fraction of sp³-hybridized carbons (Fsp3) is 0.667. The number of amides is 2. The first kappa shape index (κ1) is 9.90. The Kier molecular flexibility index (Phi) is 4.21. The number of hydrogen-bond acceptors (Lipinski definition) is 3. The van der Waals surface area contributed by atoms with Gasteiger partial charge in [-0.25, -0.2) is 0 Å². The van der Waals surface area contributed by atoms with Crippen molar-refractivity contribution in [2.75, 3.05) is 7.05 Å². The van der Waals surface area contributed by atoms with E-state index >= 15 is 0 Å². The summed E-state index contributed by atoms with van der Waals surface area (Å²) < 4.78 is 0. The zero-order chi connectivity index (χ0) is 8.85. The Labute approximate surface area is 65.1 Å². The minimum atomic E-state index is -0.632. The molecular weight excluding hydrogens is 146 g/mol. The van der Waals surface area contributed by atoms with E-state index in [1.165, 1.54) is 7.05 Å². The van der Waals surface area contributed by atoms with Gasteiger partial charge < -0.3 is 16.8 Å². The SMILES string of the molecule is CNC(=O)[C@H](N)CCC(N)=O. The Hall–Kier alpha value is -1.10. The third-order valence-electron chi connectivity index (χ3n) is 1.28. The van der Waals surface area contributed by atoms with Crippen LogP contribution in [0.2, 0.25) is 0 Å². The smallest absolute Gasteiger partial charge is 0.236 e. The van der Waals surface area contributed by atoms with Gasteiger partial charge in [-0.2, -0.15) is 0 Å². The highest BCUT2D eigenvalue weighted by atomic mass is 16.2. The standard InChI is InChI=1S/C6H13N3O2/c1-9-6(11)4(7)2-3-5(8)10/h4H,2-3,7H2,1H3,(H2,8,10)(H,9,11)/t4-/m1/s1. The molecule has 2 amide bonds. The molecule has 5 N–H and O–H groups in total. The lowest BCUT2D eigenvalue weighted by Crippen LogP contribution is -2.39. The van der Waals surface area contributed by atoms with Crippen molar-refractivity contribution in [3.8, 4) is 0 Å². The summed E-state index contributed by atoms with van der Waals surface area (Å²) in [5, 5.41) is 2.37. The van der Waals surface area contributed by atoms with Gasteiger partial charge in [0.2, 0.25) is 11.8 Å². The summed E-state index contributed by atoms with van der Waals surface area (Å²) >= 11 is 0. The fourth-order valence-corrected chi connectivity index (χ4v) is 0.614. The van der Waals surface area contributed by atoms with E-state index in [1.54, 1.807) is 0 Å². The summed E-state index contributed by atoms with van der Waals surface area (Å²) in [6.45, 7) is 0. The molecule has 0 aromatic rings. The molecule has 0 spiro atoms. The molecule has 0 aliphatic rings. The van der Waals surface area contributed by atoms with Crippen molar-refractivity contribution in [3.05, 3.63) is 0 Å². The molecule has 0 heterocycles. The van der Waals surface area contributed by atoms with E-state index in [0.717, 1.165) is 0 Å². The second kappa shape index (κ2) is 4.68. The molecule has 11 heavy (non-hydrogen) atoms. The van der Waals surface area contributed by atoms with Crippen LogP contribution in [0.1, 0.15) is 12.8 Å². The first-order chi connectivity index (χ1) is 5.07. The molecule has 0 radical (unpaired) electrons. The zero-order valence-electron chi connectivity index (χ0n) is 6.46. The summed E-state index contributed by atoms with van der Waals surface area (Å²) in [5.41, 5.74) is 10.2. The average molecular weight is 159 g/mol. The van der Waals surface area contributed by atoms with Crippen LogP contribution in [0.3, 0.4) is 0 Å². The minimum Gasteiger partial charge on any atom is -0.370 e. The highest BCUT2D eigenvalue weighted by Crippen LogP contribution is 1.92. The van der Waals surface area contributed by atoms with Crippen LogP contribution < -0.4 is 16.8 Å². The molecule has 0 rings (SSSR count). The molecule has 1 atom stereocenters. The largest absolute Gasteiger partial charge is 0.370 e. The second-order valence-electron chi connectivity index (χ2n) is 2.23. The average Bonchev–Trinajstić information content (AvgIpc) is 1.98. The maximum absolute atomic E-state index is 10.7. The Bertz CT molecular complexity index is 158. The van der Waals surface area contributed by atoms with E-state index in [0.29, 0.717) is 6.42 Å². The Morgan fingerprint density at radius 2 is 2.09 bits per heavy atom. The Balaban J connectivity index is 3.60. The van der Waals surface area contributed by atoms with Gasteiger partial charge in [0.25, 0.3) is 0 Å². The molecule has 0 bridgehead atoms. The monoisotopic (exact) mass is 159 g/mol. The van der Waals surface area contributed by atoms with E-state index < -0.39 is 11.9 Å². The molecule has 0 aromatic carbocycles. The molecule has 0 aromatic heterocycles. The molecule has 64 valence electrons. The molecule has 0 saturated carbocycles. The number of hydrogen-bond donors (Lipinski definition) is 3. The van der Waals surface area contributed by atoms with E-state index in [-0.39, 0.29) is 12.3 Å². The van der Waals surface area contributed by atoms with Crippen molar-refractivity contribution < 1.29 is 9.59 Å². The van der Waals surface area contributed by atoms with Crippen molar-refractivity contribution >= 4 is 11.8 Å². The van der Waals surface area contributed by atoms with E-state index in [4.69, 9.17) is 11.5 Å². The number of nitrogens with two attached hydrogens (primary N) is 2. The van der Waals surface area contributed by atoms with Crippen LogP contribution >= 0.6 is 0 Å². The maximum atomic E-state index is 10.7. The Morgan fingerprint density at radius 3 is 2.45 bits per heavy atom.